The minimum Gasteiger partial charge on any atom is -0.494 e. The zero-order chi connectivity index (χ0) is 22.4. The van der Waals surface area contributed by atoms with Gasteiger partial charge in [0.05, 0.1) is 40.2 Å². The van der Waals surface area contributed by atoms with Crippen molar-refractivity contribution >= 4 is 39.8 Å². The van der Waals surface area contributed by atoms with Crippen LogP contribution in [0.1, 0.15) is 19.4 Å². The van der Waals surface area contributed by atoms with Crippen LogP contribution >= 0.6 is 11.6 Å². The first kappa shape index (κ1) is 22.5. The highest BCUT2D eigenvalue weighted by Gasteiger charge is 2.22. The smallest absolute Gasteiger partial charge is 0.307 e. The van der Waals surface area contributed by atoms with Gasteiger partial charge in [-0.1, -0.05) is 37.2 Å². The minimum absolute atomic E-state index is 0. The van der Waals surface area contributed by atoms with Gasteiger partial charge in [0.25, 0.3) is 0 Å². The normalized spacial score (nSPS) is 12.3. The maximum Gasteiger partial charge on any atom is 0.307 e. The molecule has 0 spiro atoms. The van der Waals surface area contributed by atoms with Crippen molar-refractivity contribution in [3.63, 3.8) is 0 Å². The molecule has 1 aliphatic heterocycles. The lowest BCUT2D eigenvalue weighted by Gasteiger charge is -2.14. The van der Waals surface area contributed by atoms with Gasteiger partial charge in [-0.2, -0.15) is 4.39 Å². The van der Waals surface area contributed by atoms with E-state index in [2.05, 4.69) is 25.9 Å². The Morgan fingerprint density at radius 1 is 1.33 bits per heavy atom. The summed E-state index contributed by atoms with van der Waals surface area (Å²) in [5, 5.41) is 15.5. The summed E-state index contributed by atoms with van der Waals surface area (Å²) in [6.07, 6.45) is 5.58. The Bertz CT molecular complexity index is 1390. The molecule has 0 saturated heterocycles. The molecule has 1 aliphatic rings. The van der Waals surface area contributed by atoms with Crippen LogP contribution in [0.2, 0.25) is 5.02 Å². The van der Waals surface area contributed by atoms with Gasteiger partial charge in [0, 0.05) is 35.8 Å². The molecule has 0 unspecified atom stereocenters. The van der Waals surface area contributed by atoms with Crippen LogP contribution in [0.4, 0.5) is 21.7 Å². The van der Waals surface area contributed by atoms with Crippen molar-refractivity contribution in [3.8, 4) is 17.0 Å². The maximum absolute atomic E-state index is 14.0. The van der Waals surface area contributed by atoms with Crippen molar-refractivity contribution < 1.29 is 14.1 Å². The number of aryl methyl sites for hydroxylation is 2. The van der Waals surface area contributed by atoms with Crippen molar-refractivity contribution in [2.24, 2.45) is 0 Å². The molecule has 0 fully saturated rings. The summed E-state index contributed by atoms with van der Waals surface area (Å²) < 4.78 is 21.3. The highest BCUT2D eigenvalue weighted by Crippen LogP contribution is 2.38. The van der Waals surface area contributed by atoms with Gasteiger partial charge in [-0.05, 0) is 18.4 Å². The van der Waals surface area contributed by atoms with E-state index in [1.165, 1.54) is 24.4 Å². The summed E-state index contributed by atoms with van der Waals surface area (Å²) in [5.41, 5.74) is 3.34. The summed E-state index contributed by atoms with van der Waals surface area (Å²) in [5.74, 6) is -0.764. The number of benzene rings is 2. The molecule has 1 N–H and O–H groups in total. The average molecular weight is 470 g/mol. The summed E-state index contributed by atoms with van der Waals surface area (Å²) in [4.78, 5) is 19.1. The van der Waals surface area contributed by atoms with Crippen molar-refractivity contribution in [1.82, 2.24) is 14.5 Å². The molecule has 2 aromatic carbocycles. The molecule has 0 saturated carbocycles. The fourth-order valence-corrected chi connectivity index (χ4v) is 4.32. The Morgan fingerprint density at radius 3 is 2.91 bits per heavy atom. The zero-order valence-electron chi connectivity index (χ0n) is 16.9. The molecule has 8 nitrogen and oxygen atoms in total. The quantitative estimate of drug-likeness (QED) is 0.279. The predicted molar refractivity (Wildman–Crippen MR) is 126 cm³/mol. The van der Waals surface area contributed by atoms with Crippen LogP contribution in [0.15, 0.2) is 42.7 Å². The number of nitrogens with one attached hydrogen (secondary N) is 1. The molecular formula is C23H21ClFN5O3. The molecule has 3 heterocycles. The number of para-hydroxylation sites is 1. The summed E-state index contributed by atoms with van der Waals surface area (Å²) in [6, 6.07) is 8.18. The molecule has 0 amide bonds. The third-order valence-electron chi connectivity index (χ3n) is 5.54. The summed E-state index contributed by atoms with van der Waals surface area (Å²) >= 11 is 6.46. The Kier molecular flexibility index (Phi) is 5.90. The summed E-state index contributed by atoms with van der Waals surface area (Å²) in [6.45, 7) is 0.914. The van der Waals surface area contributed by atoms with Crippen LogP contribution in [0.3, 0.4) is 0 Å². The van der Waals surface area contributed by atoms with E-state index in [0.717, 1.165) is 42.5 Å². The molecule has 33 heavy (non-hydrogen) atoms. The number of nitrogens with zero attached hydrogens (tertiary/aromatic N) is 4. The number of rotatable bonds is 5. The van der Waals surface area contributed by atoms with Gasteiger partial charge < -0.3 is 14.6 Å². The minimum atomic E-state index is -0.996. The Balaban J connectivity index is 0.00000259. The first-order valence-corrected chi connectivity index (χ1v) is 10.3. The molecule has 170 valence electrons. The number of nitro groups is 1. The molecule has 10 heteroatoms. The standard InChI is InChI=1S/C22H17ClFN5O3.CH4/c1-32-19-8-16(24)18(29(30)31)9-17(19)26-22-25-10-15(23)20(27-22)14-11-28-7-3-5-12-4-2-6-13(14)21(12)28;/h2,4,6,8-11H,3,5,7H2,1H3,(H,25,26,27);1H4. The second-order valence-electron chi connectivity index (χ2n) is 7.43. The molecule has 0 radical (unpaired) electrons. The van der Waals surface area contributed by atoms with Crippen LogP contribution in [-0.2, 0) is 13.0 Å². The van der Waals surface area contributed by atoms with Gasteiger partial charge in [-0.3, -0.25) is 10.1 Å². The number of nitro benzene ring substituents is 1. The Morgan fingerprint density at radius 2 is 2.15 bits per heavy atom. The van der Waals surface area contributed by atoms with Crippen LogP contribution < -0.4 is 10.1 Å². The first-order valence-electron chi connectivity index (χ1n) is 9.89. The van der Waals surface area contributed by atoms with Gasteiger partial charge >= 0.3 is 5.69 Å². The van der Waals surface area contributed by atoms with E-state index in [1.807, 2.05) is 18.3 Å². The van der Waals surface area contributed by atoms with Crippen LogP contribution in [0, 0.1) is 15.9 Å². The van der Waals surface area contributed by atoms with Gasteiger partial charge in [-0.15, -0.1) is 0 Å². The number of halogens is 2. The Labute approximate surface area is 194 Å². The topological polar surface area (TPSA) is 95.1 Å². The third kappa shape index (κ3) is 3.84. The molecule has 2 aromatic heterocycles. The number of anilines is 2. The number of aromatic nitrogens is 3. The largest absolute Gasteiger partial charge is 0.494 e. The van der Waals surface area contributed by atoms with Crippen molar-refractivity contribution in [1.29, 1.82) is 0 Å². The van der Waals surface area contributed by atoms with E-state index in [4.69, 9.17) is 16.3 Å². The number of methoxy groups -OCH3 is 1. The van der Waals surface area contributed by atoms with E-state index in [-0.39, 0.29) is 24.8 Å². The van der Waals surface area contributed by atoms with E-state index in [9.17, 15) is 14.5 Å². The SMILES string of the molecule is C.COc1cc(F)c([N+](=O)[O-])cc1Nc1ncc(Cl)c(-c2cn3c4c(cccc24)CCC3)n1. The van der Waals surface area contributed by atoms with Gasteiger partial charge in [0.2, 0.25) is 11.8 Å². The molecule has 4 aromatic rings. The van der Waals surface area contributed by atoms with Crippen LogP contribution in [-0.4, -0.2) is 26.6 Å². The predicted octanol–water partition coefficient (Wildman–Crippen LogP) is 6.13. The number of ether oxygens (including phenoxy) is 1. The van der Waals surface area contributed by atoms with Gasteiger partial charge in [0.1, 0.15) is 5.75 Å². The molecular weight excluding hydrogens is 449 g/mol. The van der Waals surface area contributed by atoms with E-state index >= 15 is 0 Å². The lowest BCUT2D eigenvalue weighted by atomic mass is 10.0. The number of hydrogen-bond acceptors (Lipinski definition) is 6. The highest BCUT2D eigenvalue weighted by molar-refractivity contribution is 6.33. The monoisotopic (exact) mass is 469 g/mol. The van der Waals surface area contributed by atoms with Gasteiger partial charge in [-0.25, -0.2) is 9.97 Å². The maximum atomic E-state index is 14.0. The fraction of sp³-hybridized carbons (Fsp3) is 0.217. The number of hydrogen-bond donors (Lipinski definition) is 1. The Hall–Kier alpha value is -3.72. The molecule has 0 atom stereocenters. The lowest BCUT2D eigenvalue weighted by molar-refractivity contribution is -0.387. The zero-order valence-corrected chi connectivity index (χ0v) is 17.7. The van der Waals surface area contributed by atoms with Crippen LogP contribution in [0.25, 0.3) is 22.2 Å². The molecule has 0 aliphatic carbocycles. The summed E-state index contributed by atoms with van der Waals surface area (Å²) in [7, 11) is 1.34. The first-order chi connectivity index (χ1) is 15.5. The highest BCUT2D eigenvalue weighted by atomic mass is 35.5. The van der Waals surface area contributed by atoms with Crippen molar-refractivity contribution in [3.05, 3.63) is 69.2 Å². The molecule has 0 bridgehead atoms. The van der Waals surface area contributed by atoms with Gasteiger partial charge in [0.15, 0.2) is 0 Å². The molecule has 5 rings (SSSR count). The third-order valence-corrected chi connectivity index (χ3v) is 5.81. The van der Waals surface area contributed by atoms with Crippen LogP contribution in [0.5, 0.6) is 5.75 Å². The average Bonchev–Trinajstić information content (AvgIpc) is 3.16. The van der Waals surface area contributed by atoms with Crippen molar-refractivity contribution in [2.45, 2.75) is 26.8 Å². The second kappa shape index (κ2) is 8.67. The lowest BCUT2D eigenvalue weighted by Crippen LogP contribution is -2.05. The second-order valence-corrected chi connectivity index (χ2v) is 7.84. The van der Waals surface area contributed by atoms with E-state index in [0.29, 0.717) is 10.7 Å². The fourth-order valence-electron chi connectivity index (χ4n) is 4.13. The van der Waals surface area contributed by atoms with E-state index in [1.54, 1.807) is 0 Å². The van der Waals surface area contributed by atoms with E-state index < -0.39 is 16.4 Å². The van der Waals surface area contributed by atoms with Crippen molar-refractivity contribution in [2.75, 3.05) is 12.4 Å².